The molecule has 0 heterocycles. The van der Waals surface area contributed by atoms with E-state index < -0.39 is 35.1 Å². The van der Waals surface area contributed by atoms with E-state index in [1.165, 1.54) is 12.1 Å². The van der Waals surface area contributed by atoms with Gasteiger partial charge in [-0.05, 0) is 30.9 Å². The fourth-order valence-electron chi connectivity index (χ4n) is 1.95. The fraction of sp³-hybridized carbons (Fsp3) is 0.385. The van der Waals surface area contributed by atoms with Crippen molar-refractivity contribution < 1.29 is 23.5 Å². The average molecular weight is 269 g/mol. The number of carboxylic acids is 1. The third-order valence-electron chi connectivity index (χ3n) is 3.10. The summed E-state index contributed by atoms with van der Waals surface area (Å²) in [5.74, 6) is -4.03. The molecule has 2 rings (SSSR count). The number of hydrogen-bond donors (Lipinski definition) is 2. The highest BCUT2D eigenvalue weighted by atomic mass is 19.2. The van der Waals surface area contributed by atoms with E-state index in [2.05, 4.69) is 5.32 Å². The Hall–Kier alpha value is -1.98. The second kappa shape index (κ2) is 5.34. The molecule has 6 heteroatoms. The zero-order valence-electron chi connectivity index (χ0n) is 10.0. The first-order chi connectivity index (χ1) is 8.99. The molecular formula is C13H13F2NO3. The van der Waals surface area contributed by atoms with Gasteiger partial charge >= 0.3 is 5.97 Å². The van der Waals surface area contributed by atoms with Crippen LogP contribution in [-0.2, 0) is 4.79 Å². The van der Waals surface area contributed by atoms with Gasteiger partial charge in [0.2, 0.25) is 0 Å². The summed E-state index contributed by atoms with van der Waals surface area (Å²) in [6, 6.07) is 2.78. The van der Waals surface area contributed by atoms with Crippen molar-refractivity contribution >= 4 is 11.9 Å². The Labute approximate surface area is 108 Å². The van der Waals surface area contributed by atoms with E-state index in [-0.39, 0.29) is 12.3 Å². The van der Waals surface area contributed by atoms with Crippen LogP contribution in [0, 0.1) is 17.6 Å². The number of amides is 1. The normalized spacial score (nSPS) is 15.9. The summed E-state index contributed by atoms with van der Waals surface area (Å²) in [4.78, 5) is 22.5. The molecule has 1 aliphatic carbocycles. The predicted octanol–water partition coefficient (Wildman–Crippen LogP) is 1.95. The summed E-state index contributed by atoms with van der Waals surface area (Å²) >= 11 is 0. The molecule has 1 aliphatic rings. The van der Waals surface area contributed by atoms with Crippen molar-refractivity contribution in [2.75, 3.05) is 0 Å². The van der Waals surface area contributed by atoms with Gasteiger partial charge in [0.05, 0.1) is 12.0 Å². The molecule has 0 aromatic heterocycles. The van der Waals surface area contributed by atoms with Crippen LogP contribution < -0.4 is 5.32 Å². The van der Waals surface area contributed by atoms with Gasteiger partial charge in [-0.1, -0.05) is 6.07 Å². The zero-order valence-corrected chi connectivity index (χ0v) is 10.0. The van der Waals surface area contributed by atoms with Crippen molar-refractivity contribution in [3.8, 4) is 0 Å². The van der Waals surface area contributed by atoms with Crippen LogP contribution in [0.3, 0.4) is 0 Å². The quantitative estimate of drug-likeness (QED) is 0.858. The molecule has 1 aromatic carbocycles. The minimum atomic E-state index is -1.22. The van der Waals surface area contributed by atoms with Gasteiger partial charge in [0, 0.05) is 6.04 Å². The molecule has 1 saturated carbocycles. The number of aliphatic carboxylic acids is 1. The number of halogens is 2. The SMILES string of the molecule is O=C(O)CC(NC(=O)c1cccc(F)c1F)C1CC1. The van der Waals surface area contributed by atoms with Crippen molar-refractivity contribution in [3.63, 3.8) is 0 Å². The van der Waals surface area contributed by atoms with E-state index in [1.807, 2.05) is 0 Å². The number of carbonyl (C=O) groups is 2. The van der Waals surface area contributed by atoms with Crippen LogP contribution in [0.1, 0.15) is 29.6 Å². The maximum absolute atomic E-state index is 13.4. The molecule has 1 unspecified atom stereocenters. The topological polar surface area (TPSA) is 66.4 Å². The summed E-state index contributed by atoms with van der Waals surface area (Å²) in [5, 5.41) is 11.2. The largest absolute Gasteiger partial charge is 0.481 e. The van der Waals surface area contributed by atoms with Crippen LogP contribution in [0.2, 0.25) is 0 Å². The van der Waals surface area contributed by atoms with Gasteiger partial charge < -0.3 is 10.4 Å². The second-order valence-electron chi connectivity index (χ2n) is 4.62. The lowest BCUT2D eigenvalue weighted by Crippen LogP contribution is -2.38. The highest BCUT2D eigenvalue weighted by Crippen LogP contribution is 2.34. The van der Waals surface area contributed by atoms with Crippen LogP contribution in [0.5, 0.6) is 0 Å². The van der Waals surface area contributed by atoms with E-state index >= 15 is 0 Å². The van der Waals surface area contributed by atoms with E-state index in [4.69, 9.17) is 5.11 Å². The second-order valence-corrected chi connectivity index (χ2v) is 4.62. The first kappa shape index (κ1) is 13.5. The lowest BCUT2D eigenvalue weighted by Gasteiger charge is -2.16. The molecule has 2 N–H and O–H groups in total. The van der Waals surface area contributed by atoms with E-state index in [0.29, 0.717) is 0 Å². The van der Waals surface area contributed by atoms with Gasteiger partial charge in [-0.15, -0.1) is 0 Å². The van der Waals surface area contributed by atoms with Crippen molar-refractivity contribution in [1.29, 1.82) is 0 Å². The van der Waals surface area contributed by atoms with Gasteiger partial charge in [0.25, 0.3) is 5.91 Å². The molecule has 1 atom stereocenters. The summed E-state index contributed by atoms with van der Waals surface area (Å²) in [5.41, 5.74) is -0.406. The lowest BCUT2D eigenvalue weighted by atomic mass is 10.1. The Kier molecular flexibility index (Phi) is 3.78. The molecule has 1 amide bonds. The van der Waals surface area contributed by atoms with Crippen molar-refractivity contribution in [2.24, 2.45) is 5.92 Å². The Morgan fingerprint density at radius 1 is 1.37 bits per heavy atom. The molecule has 4 nitrogen and oxygen atoms in total. The van der Waals surface area contributed by atoms with Crippen molar-refractivity contribution in [1.82, 2.24) is 5.32 Å². The van der Waals surface area contributed by atoms with E-state index in [1.54, 1.807) is 0 Å². The van der Waals surface area contributed by atoms with Gasteiger partial charge in [0.1, 0.15) is 0 Å². The zero-order chi connectivity index (χ0) is 14.0. The number of hydrogen-bond acceptors (Lipinski definition) is 2. The minimum absolute atomic E-state index is 0.108. The van der Waals surface area contributed by atoms with Crippen molar-refractivity contribution in [3.05, 3.63) is 35.4 Å². The molecule has 0 spiro atoms. The van der Waals surface area contributed by atoms with Crippen LogP contribution in [0.25, 0.3) is 0 Å². The lowest BCUT2D eigenvalue weighted by molar-refractivity contribution is -0.137. The molecule has 0 radical (unpaired) electrons. The van der Waals surface area contributed by atoms with Gasteiger partial charge in [-0.25, -0.2) is 8.78 Å². The Balaban J connectivity index is 2.10. The molecule has 0 saturated heterocycles. The van der Waals surface area contributed by atoms with Gasteiger partial charge in [-0.2, -0.15) is 0 Å². The first-order valence-corrected chi connectivity index (χ1v) is 5.95. The number of carboxylic acid groups (broad SMARTS) is 1. The van der Waals surface area contributed by atoms with Crippen molar-refractivity contribution in [2.45, 2.75) is 25.3 Å². The molecule has 102 valence electrons. The fourth-order valence-corrected chi connectivity index (χ4v) is 1.95. The number of nitrogens with one attached hydrogen (secondary N) is 1. The summed E-state index contributed by atoms with van der Waals surface area (Å²) < 4.78 is 26.4. The Bertz CT molecular complexity index is 515. The first-order valence-electron chi connectivity index (χ1n) is 5.95. The molecule has 19 heavy (non-hydrogen) atoms. The van der Waals surface area contributed by atoms with E-state index in [9.17, 15) is 18.4 Å². The maximum atomic E-state index is 13.4. The predicted molar refractivity (Wildman–Crippen MR) is 62.6 cm³/mol. The molecular weight excluding hydrogens is 256 g/mol. The summed E-state index contributed by atoms with van der Waals surface area (Å²) in [6.07, 6.45) is 1.46. The smallest absolute Gasteiger partial charge is 0.305 e. The Morgan fingerprint density at radius 2 is 2.05 bits per heavy atom. The maximum Gasteiger partial charge on any atom is 0.305 e. The molecule has 0 bridgehead atoms. The van der Waals surface area contributed by atoms with Gasteiger partial charge in [-0.3, -0.25) is 9.59 Å². The number of rotatable bonds is 5. The third-order valence-corrected chi connectivity index (χ3v) is 3.10. The van der Waals surface area contributed by atoms with Crippen LogP contribution >= 0.6 is 0 Å². The van der Waals surface area contributed by atoms with Crippen LogP contribution in [0.4, 0.5) is 8.78 Å². The number of benzene rings is 1. The van der Waals surface area contributed by atoms with Crippen LogP contribution in [-0.4, -0.2) is 23.0 Å². The summed E-state index contributed by atoms with van der Waals surface area (Å²) in [7, 11) is 0. The molecule has 1 fully saturated rings. The average Bonchev–Trinajstić information content (AvgIpc) is 3.15. The monoisotopic (exact) mass is 269 g/mol. The standard InChI is InChI=1S/C13H13F2NO3/c14-9-3-1-2-8(12(9)15)13(19)16-10(6-11(17)18)7-4-5-7/h1-3,7,10H,4-6H2,(H,16,19)(H,17,18). The number of carbonyl (C=O) groups excluding carboxylic acids is 1. The van der Waals surface area contributed by atoms with Gasteiger partial charge in [0.15, 0.2) is 11.6 Å². The highest BCUT2D eigenvalue weighted by Gasteiger charge is 2.34. The summed E-state index contributed by atoms with van der Waals surface area (Å²) in [6.45, 7) is 0. The van der Waals surface area contributed by atoms with Crippen LogP contribution in [0.15, 0.2) is 18.2 Å². The Morgan fingerprint density at radius 3 is 2.63 bits per heavy atom. The molecule has 0 aliphatic heterocycles. The minimum Gasteiger partial charge on any atom is -0.481 e. The van der Waals surface area contributed by atoms with E-state index in [0.717, 1.165) is 18.9 Å². The highest BCUT2D eigenvalue weighted by molar-refractivity contribution is 5.94. The third kappa shape index (κ3) is 3.27. The molecule has 1 aromatic rings.